The Morgan fingerprint density at radius 1 is 0.394 bits per heavy atom. The lowest BCUT2D eigenvalue weighted by molar-refractivity contribution is 0.177. The smallest absolute Gasteiger partial charge is 0.0505 e. The molecule has 2 heteroatoms. The van der Waals surface area contributed by atoms with Crippen LogP contribution < -0.4 is 9.80 Å². The van der Waals surface area contributed by atoms with Crippen LogP contribution in [0.4, 0.5) is 34.1 Å². The molecule has 3 atom stereocenters. The van der Waals surface area contributed by atoms with Gasteiger partial charge in [-0.3, -0.25) is 0 Å². The van der Waals surface area contributed by atoms with E-state index in [1.165, 1.54) is 125 Å². The molecule has 3 unspecified atom stereocenters. The second-order valence-electron chi connectivity index (χ2n) is 21.1. The summed E-state index contributed by atoms with van der Waals surface area (Å²) in [5.41, 5.74) is 23.7. The van der Waals surface area contributed by atoms with Gasteiger partial charge in [0.05, 0.1) is 11.4 Å². The average Bonchev–Trinajstić information content (AvgIpc) is 4.05. The Balaban J connectivity index is 0.955. The van der Waals surface area contributed by atoms with Crippen molar-refractivity contribution in [1.82, 2.24) is 0 Å². The highest BCUT2D eigenvalue weighted by Crippen LogP contribution is 2.67. The second-order valence-corrected chi connectivity index (χ2v) is 21.1. The van der Waals surface area contributed by atoms with Crippen molar-refractivity contribution >= 4 is 44.9 Å². The number of hydrogen-bond acceptors (Lipinski definition) is 2. The van der Waals surface area contributed by atoms with Crippen LogP contribution in [-0.4, -0.2) is 0 Å². The number of hydrogen-bond donors (Lipinski definition) is 0. The zero-order valence-electron chi connectivity index (χ0n) is 40.5. The molecule has 1 saturated carbocycles. The van der Waals surface area contributed by atoms with Gasteiger partial charge >= 0.3 is 0 Å². The summed E-state index contributed by atoms with van der Waals surface area (Å²) in [5.74, 6) is 0.991. The lowest BCUT2D eigenvalue weighted by Crippen LogP contribution is -2.42. The van der Waals surface area contributed by atoms with Crippen LogP contribution in [0.1, 0.15) is 66.5 Å². The highest BCUT2D eigenvalue weighted by Gasteiger charge is 2.60. The van der Waals surface area contributed by atoms with Gasteiger partial charge in [-0.15, -0.1) is 0 Å². The van der Waals surface area contributed by atoms with E-state index in [4.69, 9.17) is 0 Å². The molecule has 0 bridgehead atoms. The van der Waals surface area contributed by atoms with Gasteiger partial charge in [0.2, 0.25) is 0 Å². The van der Waals surface area contributed by atoms with Gasteiger partial charge in [-0.1, -0.05) is 190 Å². The molecule has 0 heterocycles. The number of nitrogens with zero attached hydrogens (tertiary/aromatic N) is 2. The Morgan fingerprint density at radius 3 is 1.58 bits per heavy atom. The Labute approximate surface area is 418 Å². The molecular formula is C69H56N2. The van der Waals surface area contributed by atoms with Crippen molar-refractivity contribution in [2.75, 3.05) is 9.80 Å². The molecule has 0 radical (unpaired) electrons. The third-order valence-corrected chi connectivity index (χ3v) is 17.2. The molecule has 0 N–H and O–H groups in total. The van der Waals surface area contributed by atoms with Crippen LogP contribution >= 0.6 is 0 Å². The van der Waals surface area contributed by atoms with E-state index in [-0.39, 0.29) is 10.8 Å². The quantitative estimate of drug-likeness (QED) is 0.150. The first-order valence-corrected chi connectivity index (χ1v) is 25.9. The van der Waals surface area contributed by atoms with Gasteiger partial charge in [-0.25, -0.2) is 0 Å². The van der Waals surface area contributed by atoms with Gasteiger partial charge in [0.25, 0.3) is 0 Å². The number of para-hydroxylation sites is 2. The van der Waals surface area contributed by atoms with Crippen molar-refractivity contribution < 1.29 is 0 Å². The highest BCUT2D eigenvalue weighted by molar-refractivity contribution is 6.04. The normalized spacial score (nSPS) is 18.7. The maximum absolute atomic E-state index is 2.62. The highest BCUT2D eigenvalue weighted by atomic mass is 15.2. The molecule has 0 saturated heterocycles. The van der Waals surface area contributed by atoms with Crippen molar-refractivity contribution in [2.24, 2.45) is 11.8 Å². The Morgan fingerprint density at radius 2 is 0.915 bits per heavy atom. The van der Waals surface area contributed by atoms with E-state index in [1.807, 2.05) is 0 Å². The predicted molar refractivity (Wildman–Crippen MR) is 297 cm³/mol. The number of fused-ring (bicyclic) bond motifs is 6. The molecule has 0 aliphatic heterocycles. The minimum absolute atomic E-state index is 0.112. The summed E-state index contributed by atoms with van der Waals surface area (Å²) in [7, 11) is 0. The van der Waals surface area contributed by atoms with Crippen LogP contribution in [0.25, 0.3) is 44.2 Å². The van der Waals surface area contributed by atoms with Gasteiger partial charge in [0, 0.05) is 33.6 Å². The Hall–Kier alpha value is -7.94. The average molecular weight is 913 g/mol. The minimum atomic E-state index is -0.169. The first kappa shape index (κ1) is 42.0. The molecule has 14 rings (SSSR count). The van der Waals surface area contributed by atoms with Gasteiger partial charge in [0.1, 0.15) is 0 Å². The van der Waals surface area contributed by atoms with Crippen molar-refractivity contribution in [3.63, 3.8) is 0 Å². The third kappa shape index (κ3) is 6.33. The van der Waals surface area contributed by atoms with Crippen molar-refractivity contribution in [3.8, 4) is 33.4 Å². The van der Waals surface area contributed by atoms with E-state index in [2.05, 4.69) is 254 Å². The first-order valence-electron chi connectivity index (χ1n) is 25.9. The summed E-state index contributed by atoms with van der Waals surface area (Å²) in [6.07, 6.45) is 5.92. The largest absolute Gasteiger partial charge is 0.310 e. The zero-order valence-corrected chi connectivity index (χ0v) is 40.5. The van der Waals surface area contributed by atoms with Gasteiger partial charge in [0.15, 0.2) is 0 Å². The molecule has 0 aromatic heterocycles. The van der Waals surface area contributed by atoms with E-state index in [0.29, 0.717) is 11.8 Å². The maximum atomic E-state index is 2.62. The maximum Gasteiger partial charge on any atom is 0.0505 e. The predicted octanol–water partition coefficient (Wildman–Crippen LogP) is 18.2. The standard InChI is InChI=1S/C69H56N2/c1-68(2)61-32-15-14-31-59(61)60-42-40-56(45-62(60)68)71(54-28-10-5-11-29-54)64-34-17-23-50-44-52-25-18-24-51-43-49-22-16-33-63(66(49)69(51,52)67(50)64)70(53-26-8-4-9-27-53)55-38-35-47(36-39-55)58-41-37-46-19-12-13-30-57(46)65(58)48-20-6-3-7-21-48/h3-17,19-23,26-42,45,51-52H,18,24-25,43-44H2,1-2H3. The molecule has 10 aromatic rings. The summed E-state index contributed by atoms with van der Waals surface area (Å²) in [5, 5.41) is 2.53. The fraction of sp³-hybridized carbons (Fsp3) is 0.159. The molecular weight excluding hydrogens is 857 g/mol. The number of anilines is 6. The summed E-state index contributed by atoms with van der Waals surface area (Å²) in [4.78, 5) is 5.20. The topological polar surface area (TPSA) is 6.48 Å². The first-order chi connectivity index (χ1) is 35.0. The van der Waals surface area contributed by atoms with E-state index in [1.54, 1.807) is 5.56 Å². The van der Waals surface area contributed by atoms with Gasteiger partial charge < -0.3 is 9.80 Å². The van der Waals surface area contributed by atoms with Crippen LogP contribution in [0, 0.1) is 11.8 Å². The molecule has 4 aliphatic carbocycles. The van der Waals surface area contributed by atoms with Gasteiger partial charge in [-0.2, -0.15) is 0 Å². The molecule has 2 nitrogen and oxygen atoms in total. The third-order valence-electron chi connectivity index (χ3n) is 17.2. The lowest BCUT2D eigenvalue weighted by atomic mass is 9.58. The molecule has 71 heavy (non-hydrogen) atoms. The van der Waals surface area contributed by atoms with Crippen LogP contribution in [0.2, 0.25) is 0 Å². The van der Waals surface area contributed by atoms with Crippen LogP contribution in [-0.2, 0) is 23.7 Å². The molecule has 1 fully saturated rings. The molecule has 10 aromatic carbocycles. The summed E-state index contributed by atoms with van der Waals surface area (Å²) >= 11 is 0. The Bertz CT molecular complexity index is 3660. The lowest BCUT2D eigenvalue weighted by Gasteiger charge is -2.46. The Kier molecular flexibility index (Phi) is 9.65. The minimum Gasteiger partial charge on any atom is -0.310 e. The van der Waals surface area contributed by atoms with Crippen LogP contribution in [0.3, 0.4) is 0 Å². The van der Waals surface area contributed by atoms with E-state index >= 15 is 0 Å². The van der Waals surface area contributed by atoms with E-state index in [0.717, 1.165) is 12.8 Å². The second kappa shape index (κ2) is 16.3. The van der Waals surface area contributed by atoms with Crippen molar-refractivity contribution in [1.29, 1.82) is 0 Å². The monoisotopic (exact) mass is 912 g/mol. The van der Waals surface area contributed by atoms with Crippen molar-refractivity contribution in [2.45, 2.75) is 56.8 Å². The number of benzene rings is 10. The zero-order chi connectivity index (χ0) is 47.3. The van der Waals surface area contributed by atoms with E-state index < -0.39 is 0 Å². The van der Waals surface area contributed by atoms with E-state index in [9.17, 15) is 0 Å². The fourth-order valence-electron chi connectivity index (χ4n) is 14.3. The molecule has 1 spiro atoms. The SMILES string of the molecule is CC1(C)c2ccccc2-c2ccc(N(c3ccccc3)c3cccc4c3C35c6c(cccc6N(c6ccccc6)c6ccc(-c7ccc8ccccc8c7-c7ccccc7)cc6)CC3CCCC5C4)cc21. The van der Waals surface area contributed by atoms with Crippen LogP contribution in [0.5, 0.6) is 0 Å². The summed E-state index contributed by atoms with van der Waals surface area (Å²) in [6, 6.07) is 86.9. The molecule has 4 aliphatic rings. The summed E-state index contributed by atoms with van der Waals surface area (Å²) in [6.45, 7) is 4.80. The fourth-order valence-corrected chi connectivity index (χ4v) is 14.3. The number of rotatable bonds is 8. The van der Waals surface area contributed by atoms with Gasteiger partial charge in [-0.05, 0) is 176 Å². The summed E-state index contributed by atoms with van der Waals surface area (Å²) < 4.78 is 0. The molecule has 0 amide bonds. The molecule has 342 valence electrons. The van der Waals surface area contributed by atoms with Crippen molar-refractivity contribution in [3.05, 3.63) is 264 Å². The van der Waals surface area contributed by atoms with Crippen LogP contribution in [0.15, 0.2) is 231 Å².